The summed E-state index contributed by atoms with van der Waals surface area (Å²) in [6.45, 7) is 1.46. The van der Waals surface area contributed by atoms with E-state index in [0.29, 0.717) is 12.1 Å². The van der Waals surface area contributed by atoms with E-state index in [1.54, 1.807) is 0 Å². The van der Waals surface area contributed by atoms with Gasteiger partial charge in [0.1, 0.15) is 5.82 Å². The number of carbonyl (C=O) groups is 1. The van der Waals surface area contributed by atoms with E-state index in [-0.39, 0.29) is 17.6 Å². The molecule has 1 fully saturated rings. The molecule has 0 bridgehead atoms. The highest BCUT2D eigenvalue weighted by Gasteiger charge is 2.24. The van der Waals surface area contributed by atoms with Crippen LogP contribution in [0.15, 0.2) is 73.1 Å². The minimum atomic E-state index is -0.219. The number of rotatable bonds is 3. The molecule has 1 unspecified atom stereocenters. The van der Waals surface area contributed by atoms with Crippen LogP contribution in [0.25, 0.3) is 5.69 Å². The molecule has 4 heteroatoms. The Labute approximate surface area is 159 Å². The number of benzene rings is 2. The molecule has 0 spiro atoms. The highest BCUT2D eigenvalue weighted by molar-refractivity contribution is 5.94. The van der Waals surface area contributed by atoms with Crippen LogP contribution in [0.1, 0.15) is 41.1 Å². The zero-order chi connectivity index (χ0) is 18.6. The topological polar surface area (TPSA) is 25.2 Å². The maximum atomic E-state index is 13.2. The molecule has 3 nitrogen and oxygen atoms in total. The number of aromatic nitrogens is 1. The van der Waals surface area contributed by atoms with Gasteiger partial charge in [0.25, 0.3) is 5.91 Å². The third kappa shape index (κ3) is 3.95. The average molecular weight is 362 g/mol. The fraction of sp³-hybridized carbons (Fsp3) is 0.261. The second-order valence-electron chi connectivity index (χ2n) is 7.13. The summed E-state index contributed by atoms with van der Waals surface area (Å²) < 4.78 is 15.2. The predicted octanol–water partition coefficient (Wildman–Crippen LogP) is 5.03. The zero-order valence-electron chi connectivity index (χ0n) is 15.2. The van der Waals surface area contributed by atoms with Gasteiger partial charge in [-0.2, -0.15) is 0 Å². The molecule has 1 aliphatic heterocycles. The van der Waals surface area contributed by atoms with Crippen molar-refractivity contribution >= 4 is 5.91 Å². The van der Waals surface area contributed by atoms with Crippen molar-refractivity contribution in [3.05, 3.63) is 90.0 Å². The van der Waals surface area contributed by atoms with Crippen molar-refractivity contribution in [3.8, 4) is 5.69 Å². The Bertz CT molecular complexity index is 885. The molecule has 0 N–H and O–H groups in total. The van der Waals surface area contributed by atoms with Crippen LogP contribution in [0, 0.1) is 5.82 Å². The third-order valence-corrected chi connectivity index (χ3v) is 5.32. The minimum Gasteiger partial charge on any atom is -0.338 e. The van der Waals surface area contributed by atoms with Crippen LogP contribution >= 0.6 is 0 Å². The Kier molecular flexibility index (Phi) is 5.05. The molecule has 27 heavy (non-hydrogen) atoms. The summed E-state index contributed by atoms with van der Waals surface area (Å²) in [5.74, 6) is 0.113. The molecule has 1 saturated heterocycles. The SMILES string of the molecule is O=C(c1ccc(-n2cccc2)cc1)N1CCCCC(c2ccc(F)cc2)C1. The van der Waals surface area contributed by atoms with Crippen LogP contribution in [0.5, 0.6) is 0 Å². The van der Waals surface area contributed by atoms with Gasteiger partial charge in [0.15, 0.2) is 0 Å². The van der Waals surface area contributed by atoms with Crippen LogP contribution in [0.3, 0.4) is 0 Å². The van der Waals surface area contributed by atoms with Gasteiger partial charge in [-0.15, -0.1) is 0 Å². The fourth-order valence-corrected chi connectivity index (χ4v) is 3.80. The Morgan fingerprint density at radius 2 is 1.63 bits per heavy atom. The van der Waals surface area contributed by atoms with E-state index in [1.807, 2.05) is 70.4 Å². The first-order valence-electron chi connectivity index (χ1n) is 9.49. The predicted molar refractivity (Wildman–Crippen MR) is 105 cm³/mol. The lowest BCUT2D eigenvalue weighted by atomic mass is 9.94. The molecule has 138 valence electrons. The second kappa shape index (κ2) is 7.78. The Hall–Kier alpha value is -2.88. The molecule has 2 heterocycles. The van der Waals surface area contributed by atoms with Crippen molar-refractivity contribution in [2.24, 2.45) is 0 Å². The van der Waals surface area contributed by atoms with Crippen molar-refractivity contribution in [1.29, 1.82) is 0 Å². The summed E-state index contributed by atoms with van der Waals surface area (Å²) in [5.41, 5.74) is 2.86. The van der Waals surface area contributed by atoms with E-state index in [4.69, 9.17) is 0 Å². The van der Waals surface area contributed by atoms with Gasteiger partial charge >= 0.3 is 0 Å². The number of hydrogen-bond donors (Lipinski definition) is 0. The number of likely N-dealkylation sites (tertiary alicyclic amines) is 1. The zero-order valence-corrected chi connectivity index (χ0v) is 15.2. The van der Waals surface area contributed by atoms with Crippen molar-refractivity contribution in [3.63, 3.8) is 0 Å². The second-order valence-corrected chi connectivity index (χ2v) is 7.13. The van der Waals surface area contributed by atoms with Crippen molar-refractivity contribution in [1.82, 2.24) is 9.47 Å². The third-order valence-electron chi connectivity index (χ3n) is 5.32. The molecule has 1 atom stereocenters. The van der Waals surface area contributed by atoms with Crippen molar-refractivity contribution in [2.45, 2.75) is 25.2 Å². The highest BCUT2D eigenvalue weighted by atomic mass is 19.1. The largest absolute Gasteiger partial charge is 0.338 e. The summed E-state index contributed by atoms with van der Waals surface area (Å²) in [6.07, 6.45) is 7.09. The van der Waals surface area contributed by atoms with E-state index in [9.17, 15) is 9.18 Å². The van der Waals surface area contributed by atoms with Gasteiger partial charge in [0, 0.05) is 42.7 Å². The molecular weight excluding hydrogens is 339 g/mol. The average Bonchev–Trinajstić information content (AvgIpc) is 3.13. The highest BCUT2D eigenvalue weighted by Crippen LogP contribution is 2.27. The van der Waals surface area contributed by atoms with Crippen molar-refractivity contribution in [2.75, 3.05) is 13.1 Å². The first-order valence-corrected chi connectivity index (χ1v) is 9.49. The van der Waals surface area contributed by atoms with E-state index < -0.39 is 0 Å². The summed E-state index contributed by atoms with van der Waals surface area (Å²) in [4.78, 5) is 15.0. The fourth-order valence-electron chi connectivity index (χ4n) is 3.80. The van der Waals surface area contributed by atoms with Gasteiger partial charge < -0.3 is 9.47 Å². The van der Waals surface area contributed by atoms with Crippen LogP contribution in [0.4, 0.5) is 4.39 Å². The molecule has 0 aliphatic carbocycles. The van der Waals surface area contributed by atoms with Crippen LogP contribution in [0.2, 0.25) is 0 Å². The van der Waals surface area contributed by atoms with Gasteiger partial charge in [-0.25, -0.2) is 4.39 Å². The standard InChI is InChI=1S/C23H23FN2O/c24-21-10-6-18(7-11-21)20-5-1-2-16-26(17-20)23(27)19-8-12-22(13-9-19)25-14-3-4-15-25/h3-4,6-15,20H,1-2,5,16-17H2. The molecule has 1 aromatic heterocycles. The lowest BCUT2D eigenvalue weighted by Crippen LogP contribution is -2.34. The van der Waals surface area contributed by atoms with Crippen LogP contribution < -0.4 is 0 Å². The Balaban J connectivity index is 1.50. The summed E-state index contributed by atoms with van der Waals surface area (Å²) >= 11 is 0. The van der Waals surface area contributed by atoms with Gasteiger partial charge in [-0.3, -0.25) is 4.79 Å². The smallest absolute Gasteiger partial charge is 0.253 e. The Morgan fingerprint density at radius 1 is 0.926 bits per heavy atom. The van der Waals surface area contributed by atoms with Gasteiger partial charge in [-0.1, -0.05) is 18.6 Å². The lowest BCUT2D eigenvalue weighted by molar-refractivity contribution is 0.0754. The molecule has 0 saturated carbocycles. The maximum Gasteiger partial charge on any atom is 0.253 e. The minimum absolute atomic E-state index is 0.0723. The molecule has 1 aliphatic rings. The van der Waals surface area contributed by atoms with Crippen LogP contribution in [-0.2, 0) is 0 Å². The molecule has 2 aromatic carbocycles. The molecule has 0 radical (unpaired) electrons. The first kappa shape index (κ1) is 17.5. The number of amides is 1. The normalized spacial score (nSPS) is 17.5. The monoisotopic (exact) mass is 362 g/mol. The number of hydrogen-bond acceptors (Lipinski definition) is 1. The van der Waals surface area contributed by atoms with E-state index >= 15 is 0 Å². The van der Waals surface area contributed by atoms with E-state index in [1.165, 1.54) is 12.1 Å². The molecular formula is C23H23FN2O. The summed E-state index contributed by atoms with van der Waals surface area (Å²) in [7, 11) is 0. The summed E-state index contributed by atoms with van der Waals surface area (Å²) in [6, 6.07) is 18.4. The molecule has 1 amide bonds. The number of carbonyl (C=O) groups excluding carboxylic acids is 1. The Morgan fingerprint density at radius 3 is 2.33 bits per heavy atom. The molecule has 4 rings (SSSR count). The van der Waals surface area contributed by atoms with Gasteiger partial charge in [-0.05, 0) is 66.9 Å². The number of nitrogens with zero attached hydrogens (tertiary/aromatic N) is 2. The van der Waals surface area contributed by atoms with E-state index in [0.717, 1.165) is 37.1 Å². The first-order chi connectivity index (χ1) is 13.2. The lowest BCUT2D eigenvalue weighted by Gasteiger charge is -2.25. The van der Waals surface area contributed by atoms with Gasteiger partial charge in [0.05, 0.1) is 0 Å². The van der Waals surface area contributed by atoms with E-state index in [2.05, 4.69) is 0 Å². The molecule has 3 aromatic rings. The maximum absolute atomic E-state index is 13.2. The quantitative estimate of drug-likeness (QED) is 0.642. The van der Waals surface area contributed by atoms with Gasteiger partial charge in [0.2, 0.25) is 0 Å². The number of halogens is 1. The summed E-state index contributed by atoms with van der Waals surface area (Å²) in [5, 5.41) is 0. The van der Waals surface area contributed by atoms with Crippen molar-refractivity contribution < 1.29 is 9.18 Å². The van der Waals surface area contributed by atoms with Crippen LogP contribution in [-0.4, -0.2) is 28.5 Å².